The lowest BCUT2D eigenvalue weighted by Crippen LogP contribution is -2.38. The average molecular weight is 277 g/mol. The van der Waals surface area contributed by atoms with E-state index in [0.29, 0.717) is 24.5 Å². The van der Waals surface area contributed by atoms with Gasteiger partial charge in [-0.3, -0.25) is 9.59 Å². The molecule has 6 heteroatoms. The molecule has 0 unspecified atom stereocenters. The Balaban J connectivity index is 2.05. The van der Waals surface area contributed by atoms with Crippen LogP contribution in [-0.4, -0.2) is 50.0 Å². The number of amides is 2. The third-order valence-corrected chi connectivity index (χ3v) is 3.22. The van der Waals surface area contributed by atoms with Crippen molar-refractivity contribution in [1.29, 1.82) is 0 Å². The van der Waals surface area contributed by atoms with Gasteiger partial charge in [0.05, 0.1) is 17.8 Å². The molecule has 0 radical (unpaired) electrons. The zero-order chi connectivity index (χ0) is 14.5. The minimum atomic E-state index is -0.302. The van der Waals surface area contributed by atoms with Gasteiger partial charge in [-0.25, -0.2) is 0 Å². The number of nitrogens with one attached hydrogen (secondary N) is 2. The second kappa shape index (κ2) is 6.27. The first-order chi connectivity index (χ1) is 9.63. The number of likely N-dealkylation sites (N-methyl/N-ethyl adjacent to an activating group) is 1. The van der Waals surface area contributed by atoms with Crippen LogP contribution in [0.2, 0.25) is 0 Å². The van der Waals surface area contributed by atoms with Crippen molar-refractivity contribution in [1.82, 2.24) is 10.2 Å². The highest BCUT2D eigenvalue weighted by Gasteiger charge is 2.19. The average Bonchev–Trinajstić information content (AvgIpc) is 2.50. The Morgan fingerprint density at radius 1 is 1.45 bits per heavy atom. The van der Waals surface area contributed by atoms with Gasteiger partial charge < -0.3 is 20.3 Å². The Morgan fingerprint density at radius 3 is 3.00 bits per heavy atom. The summed E-state index contributed by atoms with van der Waals surface area (Å²) in [6.07, 6.45) is 0. The van der Waals surface area contributed by atoms with Crippen molar-refractivity contribution in [2.24, 2.45) is 0 Å². The molecule has 2 rings (SSSR count). The van der Waals surface area contributed by atoms with E-state index in [0.717, 1.165) is 12.2 Å². The highest BCUT2D eigenvalue weighted by atomic mass is 16.5. The third kappa shape index (κ3) is 3.01. The summed E-state index contributed by atoms with van der Waals surface area (Å²) in [6.45, 7) is 3.72. The van der Waals surface area contributed by atoms with Crippen LogP contribution in [0.25, 0.3) is 0 Å². The fraction of sp³-hybridized carbons (Fsp3) is 0.429. The molecular formula is C14H19N3O3. The van der Waals surface area contributed by atoms with Gasteiger partial charge in [-0.1, -0.05) is 6.07 Å². The number of para-hydroxylation sites is 1. The van der Waals surface area contributed by atoms with Gasteiger partial charge in [-0.05, 0) is 19.1 Å². The maximum Gasteiger partial charge on any atom is 0.255 e. The Morgan fingerprint density at radius 2 is 2.25 bits per heavy atom. The molecule has 20 heavy (non-hydrogen) atoms. The van der Waals surface area contributed by atoms with Gasteiger partial charge in [0.2, 0.25) is 5.91 Å². The second-order valence-electron chi connectivity index (χ2n) is 4.55. The first-order valence-electron chi connectivity index (χ1n) is 6.65. The third-order valence-electron chi connectivity index (χ3n) is 3.22. The molecule has 1 heterocycles. The molecule has 1 aromatic carbocycles. The van der Waals surface area contributed by atoms with Gasteiger partial charge in [0.25, 0.3) is 5.91 Å². The molecule has 1 aliphatic rings. The first-order valence-corrected chi connectivity index (χ1v) is 6.65. The van der Waals surface area contributed by atoms with Crippen LogP contribution in [-0.2, 0) is 4.79 Å². The fourth-order valence-electron chi connectivity index (χ4n) is 1.91. The van der Waals surface area contributed by atoms with Crippen LogP contribution in [0.1, 0.15) is 17.3 Å². The van der Waals surface area contributed by atoms with Crippen LogP contribution in [0.15, 0.2) is 18.2 Å². The maximum atomic E-state index is 12.1. The van der Waals surface area contributed by atoms with Gasteiger partial charge in [0, 0.05) is 20.1 Å². The van der Waals surface area contributed by atoms with Crippen molar-refractivity contribution < 1.29 is 14.3 Å². The van der Waals surface area contributed by atoms with Crippen LogP contribution in [0.5, 0.6) is 5.75 Å². The van der Waals surface area contributed by atoms with Crippen LogP contribution in [0.4, 0.5) is 5.69 Å². The quantitative estimate of drug-likeness (QED) is 0.850. The molecule has 1 aliphatic heterocycles. The van der Waals surface area contributed by atoms with Gasteiger partial charge in [0.15, 0.2) is 5.75 Å². The molecule has 0 saturated heterocycles. The summed E-state index contributed by atoms with van der Waals surface area (Å²) in [4.78, 5) is 25.4. The minimum absolute atomic E-state index is 0.0136. The van der Waals surface area contributed by atoms with E-state index < -0.39 is 0 Å². The van der Waals surface area contributed by atoms with Crippen molar-refractivity contribution in [3.63, 3.8) is 0 Å². The molecule has 0 aromatic heterocycles. The molecule has 2 N–H and O–H groups in total. The summed E-state index contributed by atoms with van der Waals surface area (Å²) >= 11 is 0. The standard InChI is InChI=1S/C14H19N3O3/c1-3-17(2)12(18)9-16-14(19)10-5-4-6-11-13(10)20-8-7-15-11/h4-6,15H,3,7-9H2,1-2H3,(H,16,19). The predicted molar refractivity (Wildman–Crippen MR) is 76.1 cm³/mol. The lowest BCUT2D eigenvalue weighted by Gasteiger charge is -2.21. The lowest BCUT2D eigenvalue weighted by molar-refractivity contribution is -0.128. The Bertz CT molecular complexity index is 516. The van der Waals surface area contributed by atoms with Crippen molar-refractivity contribution >= 4 is 17.5 Å². The second-order valence-corrected chi connectivity index (χ2v) is 4.55. The number of fused-ring (bicyclic) bond motifs is 1. The van der Waals surface area contributed by atoms with E-state index in [1.54, 1.807) is 24.1 Å². The summed E-state index contributed by atoms with van der Waals surface area (Å²) < 4.78 is 5.53. The number of anilines is 1. The SMILES string of the molecule is CCN(C)C(=O)CNC(=O)c1cccc2c1OCCN2. The van der Waals surface area contributed by atoms with Gasteiger partial charge in [0.1, 0.15) is 6.61 Å². The Kier molecular flexibility index (Phi) is 4.45. The number of nitrogens with zero attached hydrogens (tertiary/aromatic N) is 1. The summed E-state index contributed by atoms with van der Waals surface area (Å²) in [5.74, 6) is 0.126. The van der Waals surface area contributed by atoms with Gasteiger partial charge in [-0.15, -0.1) is 0 Å². The topological polar surface area (TPSA) is 70.7 Å². The zero-order valence-electron chi connectivity index (χ0n) is 11.7. The highest BCUT2D eigenvalue weighted by molar-refractivity contribution is 6.00. The largest absolute Gasteiger partial charge is 0.489 e. The molecule has 6 nitrogen and oxygen atoms in total. The van der Waals surface area contributed by atoms with Crippen molar-refractivity contribution in [3.05, 3.63) is 23.8 Å². The normalized spacial score (nSPS) is 12.7. The summed E-state index contributed by atoms with van der Waals surface area (Å²) in [5, 5.41) is 5.80. The van der Waals surface area contributed by atoms with E-state index in [9.17, 15) is 9.59 Å². The molecule has 0 atom stereocenters. The molecular weight excluding hydrogens is 258 g/mol. The summed E-state index contributed by atoms with van der Waals surface area (Å²) in [7, 11) is 1.70. The maximum absolute atomic E-state index is 12.1. The number of ether oxygens (including phenoxy) is 1. The number of hydrogen-bond acceptors (Lipinski definition) is 4. The molecule has 0 spiro atoms. The lowest BCUT2D eigenvalue weighted by atomic mass is 10.1. The number of benzene rings is 1. The van der Waals surface area contributed by atoms with Crippen LogP contribution < -0.4 is 15.4 Å². The van der Waals surface area contributed by atoms with Crippen LogP contribution >= 0.6 is 0 Å². The van der Waals surface area contributed by atoms with Crippen LogP contribution in [0, 0.1) is 0 Å². The Hall–Kier alpha value is -2.24. The van der Waals surface area contributed by atoms with E-state index in [2.05, 4.69) is 10.6 Å². The summed E-state index contributed by atoms with van der Waals surface area (Å²) in [5.41, 5.74) is 1.25. The molecule has 0 bridgehead atoms. The number of rotatable bonds is 4. The van der Waals surface area contributed by atoms with Crippen molar-refractivity contribution in [2.45, 2.75) is 6.92 Å². The number of hydrogen-bond donors (Lipinski definition) is 2. The Labute approximate surface area is 118 Å². The summed E-state index contributed by atoms with van der Waals surface area (Å²) in [6, 6.07) is 5.34. The molecule has 1 aromatic rings. The number of carbonyl (C=O) groups excluding carboxylic acids is 2. The van der Waals surface area contributed by atoms with E-state index in [-0.39, 0.29) is 18.4 Å². The van der Waals surface area contributed by atoms with E-state index in [4.69, 9.17) is 4.74 Å². The monoisotopic (exact) mass is 277 g/mol. The number of carbonyl (C=O) groups is 2. The van der Waals surface area contributed by atoms with E-state index in [1.165, 1.54) is 0 Å². The first kappa shape index (κ1) is 14.2. The smallest absolute Gasteiger partial charge is 0.255 e. The molecule has 0 aliphatic carbocycles. The van der Waals surface area contributed by atoms with Crippen LogP contribution in [0.3, 0.4) is 0 Å². The zero-order valence-corrected chi connectivity index (χ0v) is 11.7. The molecule has 108 valence electrons. The van der Waals surface area contributed by atoms with Gasteiger partial charge >= 0.3 is 0 Å². The highest BCUT2D eigenvalue weighted by Crippen LogP contribution is 2.30. The molecule has 0 fully saturated rings. The minimum Gasteiger partial charge on any atom is -0.489 e. The fourth-order valence-corrected chi connectivity index (χ4v) is 1.91. The van der Waals surface area contributed by atoms with Gasteiger partial charge in [-0.2, -0.15) is 0 Å². The van der Waals surface area contributed by atoms with E-state index in [1.807, 2.05) is 13.0 Å². The van der Waals surface area contributed by atoms with Crippen molar-refractivity contribution in [3.8, 4) is 5.75 Å². The van der Waals surface area contributed by atoms with Crippen molar-refractivity contribution in [2.75, 3.05) is 38.6 Å². The predicted octanol–water partition coefficient (Wildman–Crippen LogP) is 0.699. The molecule has 0 saturated carbocycles. The molecule has 2 amide bonds. The van der Waals surface area contributed by atoms with E-state index >= 15 is 0 Å².